The van der Waals surface area contributed by atoms with E-state index in [9.17, 15) is 0 Å². The van der Waals surface area contributed by atoms with Gasteiger partial charge in [-0.2, -0.15) is 0 Å². The summed E-state index contributed by atoms with van der Waals surface area (Å²) in [6.07, 6.45) is 4.19. The minimum absolute atomic E-state index is 0.204. The molecule has 0 atom stereocenters. The predicted molar refractivity (Wildman–Crippen MR) is 66.1 cm³/mol. The molecule has 1 aliphatic rings. The molecular weight excluding hydrogens is 220 g/mol. The van der Waals surface area contributed by atoms with Crippen molar-refractivity contribution < 1.29 is 4.74 Å². The van der Waals surface area contributed by atoms with Gasteiger partial charge in [-0.1, -0.05) is 19.1 Å². The standard InChI is InChI=1S/C12H18N2OS/c1-4-9-8(2)13-11(14-10(9)16)12(15-3)6-5-7-12/h4-7H2,1-3H3,(H,13,14,16). The largest absolute Gasteiger partial charge is 0.370 e. The zero-order valence-electron chi connectivity index (χ0n) is 10.1. The number of aryl methyl sites for hydroxylation is 1. The van der Waals surface area contributed by atoms with Crippen LogP contribution in [0, 0.1) is 11.6 Å². The van der Waals surface area contributed by atoms with Gasteiger partial charge in [0.1, 0.15) is 16.1 Å². The lowest BCUT2D eigenvalue weighted by molar-refractivity contribution is -0.0848. The van der Waals surface area contributed by atoms with Crippen LogP contribution in [0.4, 0.5) is 0 Å². The van der Waals surface area contributed by atoms with E-state index in [4.69, 9.17) is 17.0 Å². The van der Waals surface area contributed by atoms with Gasteiger partial charge in [0.15, 0.2) is 0 Å². The van der Waals surface area contributed by atoms with Crippen LogP contribution in [-0.2, 0) is 16.8 Å². The van der Waals surface area contributed by atoms with E-state index in [2.05, 4.69) is 23.8 Å². The van der Waals surface area contributed by atoms with Crippen LogP contribution in [0.15, 0.2) is 0 Å². The molecule has 16 heavy (non-hydrogen) atoms. The van der Waals surface area contributed by atoms with E-state index < -0.39 is 0 Å². The number of H-pyrrole nitrogens is 1. The summed E-state index contributed by atoms with van der Waals surface area (Å²) in [7, 11) is 1.75. The molecule has 1 aromatic rings. The summed E-state index contributed by atoms with van der Waals surface area (Å²) < 4.78 is 6.32. The zero-order chi connectivity index (χ0) is 11.8. The number of ether oxygens (including phenoxy) is 1. The lowest BCUT2D eigenvalue weighted by Crippen LogP contribution is -2.38. The first kappa shape index (κ1) is 11.7. The molecular formula is C12H18N2OS. The number of methoxy groups -OCH3 is 1. The Hall–Kier alpha value is -0.740. The summed E-state index contributed by atoms with van der Waals surface area (Å²) in [5.74, 6) is 0.904. The smallest absolute Gasteiger partial charge is 0.140 e. The predicted octanol–water partition coefficient (Wildman–Crippen LogP) is 3.04. The van der Waals surface area contributed by atoms with E-state index in [1.165, 1.54) is 6.42 Å². The van der Waals surface area contributed by atoms with Gasteiger partial charge in [-0.05, 0) is 32.6 Å². The van der Waals surface area contributed by atoms with Crippen molar-refractivity contribution in [2.24, 2.45) is 0 Å². The second-order valence-electron chi connectivity index (χ2n) is 4.40. The van der Waals surface area contributed by atoms with Gasteiger partial charge in [-0.25, -0.2) is 4.98 Å². The maximum absolute atomic E-state index is 5.60. The van der Waals surface area contributed by atoms with Crippen LogP contribution >= 0.6 is 12.2 Å². The van der Waals surface area contributed by atoms with Gasteiger partial charge in [0, 0.05) is 18.4 Å². The number of nitrogens with one attached hydrogen (secondary N) is 1. The normalized spacial score (nSPS) is 18.2. The van der Waals surface area contributed by atoms with Crippen molar-refractivity contribution in [2.75, 3.05) is 7.11 Å². The molecule has 0 amide bonds. The molecule has 0 spiro atoms. The van der Waals surface area contributed by atoms with Crippen LogP contribution in [-0.4, -0.2) is 17.1 Å². The van der Waals surface area contributed by atoms with Gasteiger partial charge in [0.05, 0.1) is 0 Å². The molecule has 0 aromatic carbocycles. The van der Waals surface area contributed by atoms with Gasteiger partial charge < -0.3 is 9.72 Å². The van der Waals surface area contributed by atoms with Gasteiger partial charge in [-0.3, -0.25) is 0 Å². The lowest BCUT2D eigenvalue weighted by Gasteiger charge is -2.39. The summed E-state index contributed by atoms with van der Waals surface area (Å²) in [4.78, 5) is 7.86. The third kappa shape index (κ3) is 1.70. The maximum atomic E-state index is 5.60. The van der Waals surface area contributed by atoms with Gasteiger partial charge in [-0.15, -0.1) is 0 Å². The van der Waals surface area contributed by atoms with Crippen LogP contribution in [0.3, 0.4) is 0 Å². The molecule has 1 aromatic heterocycles. The first-order valence-corrected chi connectivity index (χ1v) is 6.19. The van der Waals surface area contributed by atoms with Crippen molar-refractivity contribution in [1.29, 1.82) is 0 Å². The fourth-order valence-corrected chi connectivity index (χ4v) is 2.67. The van der Waals surface area contributed by atoms with Crippen molar-refractivity contribution in [2.45, 2.75) is 45.1 Å². The second kappa shape index (κ2) is 4.26. The molecule has 1 N–H and O–H groups in total. The molecule has 0 bridgehead atoms. The van der Waals surface area contributed by atoms with Crippen LogP contribution in [0.5, 0.6) is 0 Å². The van der Waals surface area contributed by atoms with Crippen LogP contribution in [0.25, 0.3) is 0 Å². The van der Waals surface area contributed by atoms with E-state index in [1.807, 2.05) is 0 Å². The molecule has 1 aliphatic carbocycles. The molecule has 1 fully saturated rings. The molecule has 0 unspecified atom stereocenters. The number of nitrogens with zero attached hydrogens (tertiary/aromatic N) is 1. The minimum atomic E-state index is -0.204. The Morgan fingerprint density at radius 3 is 2.56 bits per heavy atom. The van der Waals surface area contributed by atoms with Crippen LogP contribution in [0.1, 0.15) is 43.3 Å². The summed E-state index contributed by atoms with van der Waals surface area (Å²) in [5.41, 5.74) is 2.06. The number of hydrogen-bond donors (Lipinski definition) is 1. The number of rotatable bonds is 3. The molecule has 2 rings (SSSR count). The van der Waals surface area contributed by atoms with Crippen molar-refractivity contribution in [3.8, 4) is 0 Å². The first-order chi connectivity index (χ1) is 7.63. The highest BCUT2D eigenvalue weighted by Crippen LogP contribution is 2.42. The molecule has 0 aliphatic heterocycles. The van der Waals surface area contributed by atoms with Gasteiger partial charge >= 0.3 is 0 Å². The summed E-state index contributed by atoms with van der Waals surface area (Å²) in [5, 5.41) is 0. The quantitative estimate of drug-likeness (QED) is 0.822. The Kier molecular flexibility index (Phi) is 3.13. The number of aromatic amines is 1. The molecule has 1 heterocycles. The van der Waals surface area contributed by atoms with Crippen LogP contribution < -0.4 is 0 Å². The van der Waals surface area contributed by atoms with E-state index in [0.29, 0.717) is 0 Å². The molecule has 3 nitrogen and oxygen atoms in total. The third-order valence-corrected chi connectivity index (χ3v) is 3.90. The highest BCUT2D eigenvalue weighted by molar-refractivity contribution is 7.71. The minimum Gasteiger partial charge on any atom is -0.370 e. The van der Waals surface area contributed by atoms with Crippen LogP contribution in [0.2, 0.25) is 0 Å². The lowest BCUT2D eigenvalue weighted by atomic mass is 9.79. The highest BCUT2D eigenvalue weighted by Gasteiger charge is 2.41. The highest BCUT2D eigenvalue weighted by atomic mass is 32.1. The van der Waals surface area contributed by atoms with E-state index in [1.54, 1.807) is 7.11 Å². The van der Waals surface area contributed by atoms with Crippen molar-refractivity contribution in [3.05, 3.63) is 21.7 Å². The van der Waals surface area contributed by atoms with Gasteiger partial charge in [0.2, 0.25) is 0 Å². The maximum Gasteiger partial charge on any atom is 0.140 e. The Bertz CT molecular complexity index is 443. The fourth-order valence-electron chi connectivity index (χ4n) is 2.28. The van der Waals surface area contributed by atoms with Gasteiger partial charge in [0.25, 0.3) is 0 Å². The molecule has 88 valence electrons. The Labute approximate surface area is 101 Å². The monoisotopic (exact) mass is 238 g/mol. The summed E-state index contributed by atoms with van der Waals surface area (Å²) >= 11 is 5.33. The average Bonchev–Trinajstić information content (AvgIpc) is 2.16. The van der Waals surface area contributed by atoms with E-state index in [0.717, 1.165) is 41.0 Å². The van der Waals surface area contributed by atoms with Crippen molar-refractivity contribution >= 4 is 12.2 Å². The Balaban J connectivity index is 2.48. The second-order valence-corrected chi connectivity index (χ2v) is 4.79. The Morgan fingerprint density at radius 2 is 2.19 bits per heavy atom. The molecule has 4 heteroatoms. The van der Waals surface area contributed by atoms with Crippen molar-refractivity contribution in [1.82, 2.24) is 9.97 Å². The molecule has 1 saturated carbocycles. The Morgan fingerprint density at radius 1 is 1.50 bits per heavy atom. The first-order valence-electron chi connectivity index (χ1n) is 5.78. The number of hydrogen-bond acceptors (Lipinski definition) is 3. The fraction of sp³-hybridized carbons (Fsp3) is 0.667. The molecule has 0 saturated heterocycles. The van der Waals surface area contributed by atoms with E-state index in [-0.39, 0.29) is 5.60 Å². The van der Waals surface area contributed by atoms with E-state index >= 15 is 0 Å². The topological polar surface area (TPSA) is 37.9 Å². The zero-order valence-corrected chi connectivity index (χ0v) is 10.9. The number of aromatic nitrogens is 2. The average molecular weight is 238 g/mol. The molecule has 0 radical (unpaired) electrons. The summed E-state index contributed by atoms with van der Waals surface area (Å²) in [6.45, 7) is 4.16. The summed E-state index contributed by atoms with van der Waals surface area (Å²) in [6, 6.07) is 0. The third-order valence-electron chi connectivity index (χ3n) is 3.57. The SMILES string of the molecule is CCc1c(C)[nH]c(C2(OC)CCC2)nc1=S. The van der Waals surface area contributed by atoms with Crippen molar-refractivity contribution in [3.63, 3.8) is 0 Å².